The number of hydrogen-bond acceptors (Lipinski definition) is 12. The Hall–Kier alpha value is -0.0500. The van der Waals surface area contributed by atoms with Gasteiger partial charge in [-0.2, -0.15) is 4.37 Å². The Morgan fingerprint density at radius 1 is 0.810 bits per heavy atom. The first-order valence-corrected chi connectivity index (χ1v) is 10.9. The van der Waals surface area contributed by atoms with Gasteiger partial charge in [0.15, 0.2) is 5.82 Å². The molecule has 2 aliphatic heterocycles. The lowest BCUT2D eigenvalue weighted by atomic mass is 10.0. The minimum atomic E-state index is 0.104. The summed E-state index contributed by atoms with van der Waals surface area (Å²) in [5.74, 6) is 0.666. The van der Waals surface area contributed by atoms with Gasteiger partial charge in [-0.05, 0) is 29.3 Å². The van der Waals surface area contributed by atoms with Crippen molar-refractivity contribution in [3.63, 3.8) is 0 Å². The van der Waals surface area contributed by atoms with Crippen LogP contribution < -0.4 is 18.9 Å². The lowest BCUT2D eigenvalue weighted by Crippen LogP contribution is -2.21. The third-order valence-electron chi connectivity index (χ3n) is 2.95. The molecule has 0 saturated carbocycles. The van der Waals surface area contributed by atoms with Crippen LogP contribution in [0.4, 0.5) is 0 Å². The normalized spacial score (nSPS) is 20.4. The van der Waals surface area contributed by atoms with Crippen LogP contribution in [0.3, 0.4) is 0 Å². The maximum atomic E-state index is 4.24. The highest BCUT2D eigenvalue weighted by Crippen LogP contribution is 2.35. The van der Waals surface area contributed by atoms with E-state index < -0.39 is 0 Å². The van der Waals surface area contributed by atoms with Gasteiger partial charge in [0.1, 0.15) is 12.3 Å². The van der Waals surface area contributed by atoms with Crippen LogP contribution in [-0.4, -0.2) is 14.0 Å². The van der Waals surface area contributed by atoms with Crippen molar-refractivity contribution in [3.8, 4) is 11.4 Å². The Balaban J connectivity index is 1.75. The molecule has 1 aromatic heterocycles. The van der Waals surface area contributed by atoms with E-state index in [1.165, 1.54) is 0 Å². The van der Waals surface area contributed by atoms with Gasteiger partial charge >= 0.3 is 0 Å². The summed E-state index contributed by atoms with van der Waals surface area (Å²) in [6.07, 6.45) is 0.207. The van der Waals surface area contributed by atoms with Gasteiger partial charge in [-0.15, -0.1) is 5.10 Å². The molecule has 0 amide bonds. The second-order valence-corrected chi connectivity index (χ2v) is 8.36. The first-order valence-electron chi connectivity index (χ1n) is 5.88. The van der Waals surface area contributed by atoms with E-state index in [-0.39, 0.29) is 12.3 Å². The minimum Gasteiger partial charge on any atom is -0.232 e. The van der Waals surface area contributed by atoms with Gasteiger partial charge in [0.05, 0.1) is 11.7 Å². The molecule has 1 aromatic carbocycles. The van der Waals surface area contributed by atoms with Gasteiger partial charge in [-0.3, -0.25) is 0 Å². The van der Waals surface area contributed by atoms with Crippen LogP contribution >= 0.6 is 55.6 Å². The SMILES string of the molecule is c1c(-c2nnsn2)cc(C2NSSN2)cc1C1NSSN1. The van der Waals surface area contributed by atoms with Gasteiger partial charge < -0.3 is 0 Å². The zero-order valence-corrected chi connectivity index (χ0v) is 14.4. The highest BCUT2D eigenvalue weighted by molar-refractivity contribution is 8.75. The van der Waals surface area contributed by atoms with Crippen LogP contribution in [0.15, 0.2) is 18.2 Å². The smallest absolute Gasteiger partial charge is 0.196 e. The third kappa shape index (κ3) is 3.18. The molecule has 2 fully saturated rings. The van der Waals surface area contributed by atoms with Crippen molar-refractivity contribution in [3.05, 3.63) is 29.3 Å². The Morgan fingerprint density at radius 3 is 1.86 bits per heavy atom. The van der Waals surface area contributed by atoms with E-state index in [4.69, 9.17) is 0 Å². The molecule has 7 nitrogen and oxygen atoms in total. The zero-order chi connectivity index (χ0) is 14.1. The molecule has 0 aliphatic carbocycles. The van der Waals surface area contributed by atoms with Crippen LogP contribution in [0, 0.1) is 0 Å². The Bertz CT molecular complexity index is 577. The standard InChI is InChI=1S/C9H9N7S5/c1-4(7-10-16-17-11-7)2-6(9-14-20-21-15-9)3-5(1)8-12-18-19-13-8/h1-3,8-9,12-15H. The van der Waals surface area contributed by atoms with Crippen molar-refractivity contribution < 1.29 is 0 Å². The summed E-state index contributed by atoms with van der Waals surface area (Å²) >= 11 is 1.12. The Labute approximate surface area is 141 Å². The summed E-state index contributed by atoms with van der Waals surface area (Å²) in [6, 6.07) is 6.37. The molecular weight excluding hydrogens is 366 g/mol. The average molecular weight is 376 g/mol. The van der Waals surface area contributed by atoms with Crippen molar-refractivity contribution in [1.29, 1.82) is 0 Å². The van der Waals surface area contributed by atoms with Crippen LogP contribution in [0.25, 0.3) is 11.4 Å². The number of aromatic nitrogens is 3. The van der Waals surface area contributed by atoms with Crippen LogP contribution in [-0.2, 0) is 0 Å². The summed E-state index contributed by atoms with van der Waals surface area (Å²) in [5, 5.41) is 4.08. The lowest BCUT2D eigenvalue weighted by molar-refractivity contribution is 0.658. The van der Waals surface area contributed by atoms with Gasteiger partial charge in [0.25, 0.3) is 0 Å². The summed E-state index contributed by atoms with van der Waals surface area (Å²) in [7, 11) is 6.37. The predicted octanol–water partition coefficient (Wildman–Crippen LogP) is 2.41. The van der Waals surface area contributed by atoms with Crippen molar-refractivity contribution in [1.82, 2.24) is 32.8 Å². The van der Waals surface area contributed by atoms with Crippen molar-refractivity contribution in [2.75, 3.05) is 0 Å². The average Bonchev–Trinajstić information content (AvgIpc) is 3.29. The van der Waals surface area contributed by atoms with Crippen molar-refractivity contribution in [2.24, 2.45) is 0 Å². The molecule has 0 bridgehead atoms. The molecular formula is C9H9N7S5. The molecule has 4 rings (SSSR count). The fraction of sp³-hybridized carbons (Fsp3) is 0.222. The Kier molecular flexibility index (Phi) is 4.57. The number of rotatable bonds is 3. The molecule has 3 heterocycles. The maximum absolute atomic E-state index is 4.24. The molecule has 2 aliphatic rings. The largest absolute Gasteiger partial charge is 0.232 e. The second kappa shape index (κ2) is 6.60. The van der Waals surface area contributed by atoms with E-state index in [1.807, 2.05) is 0 Å². The second-order valence-electron chi connectivity index (χ2n) is 4.24. The predicted molar refractivity (Wildman–Crippen MR) is 91.5 cm³/mol. The monoisotopic (exact) mass is 375 g/mol. The van der Waals surface area contributed by atoms with Crippen LogP contribution in [0.2, 0.25) is 0 Å². The van der Waals surface area contributed by atoms with Crippen molar-refractivity contribution >= 4 is 55.6 Å². The molecule has 2 aromatic rings. The minimum absolute atomic E-state index is 0.104. The lowest BCUT2D eigenvalue weighted by Gasteiger charge is -2.16. The topological polar surface area (TPSA) is 86.8 Å². The summed E-state index contributed by atoms with van der Waals surface area (Å²) in [4.78, 5) is 0. The van der Waals surface area contributed by atoms with Gasteiger partial charge in [0, 0.05) is 49.5 Å². The van der Waals surface area contributed by atoms with E-state index in [1.54, 1.807) is 43.9 Å². The summed E-state index contributed by atoms with van der Waals surface area (Å²) in [5.41, 5.74) is 3.29. The molecule has 21 heavy (non-hydrogen) atoms. The first-order chi connectivity index (χ1) is 10.4. The Morgan fingerprint density at radius 2 is 1.38 bits per heavy atom. The highest BCUT2D eigenvalue weighted by atomic mass is 33.1. The fourth-order valence-electron chi connectivity index (χ4n) is 1.99. The van der Waals surface area contributed by atoms with E-state index >= 15 is 0 Å². The number of nitrogens with one attached hydrogen (secondary N) is 4. The molecule has 0 atom stereocenters. The molecule has 0 radical (unpaired) electrons. The van der Waals surface area contributed by atoms with Crippen LogP contribution in [0.5, 0.6) is 0 Å². The van der Waals surface area contributed by atoms with Crippen LogP contribution in [0.1, 0.15) is 23.5 Å². The number of benzene rings is 1. The summed E-state index contributed by atoms with van der Waals surface area (Å²) in [6.45, 7) is 0. The molecule has 2 saturated heterocycles. The van der Waals surface area contributed by atoms with Gasteiger partial charge in [-0.25, -0.2) is 18.9 Å². The van der Waals surface area contributed by atoms with E-state index in [0.717, 1.165) is 28.4 Å². The van der Waals surface area contributed by atoms with E-state index in [2.05, 4.69) is 51.0 Å². The van der Waals surface area contributed by atoms with E-state index in [9.17, 15) is 0 Å². The maximum Gasteiger partial charge on any atom is 0.196 e. The number of nitrogens with zero attached hydrogens (tertiary/aromatic N) is 3. The number of hydrogen-bond donors (Lipinski definition) is 4. The molecule has 110 valence electrons. The molecule has 4 N–H and O–H groups in total. The highest BCUT2D eigenvalue weighted by Gasteiger charge is 2.23. The zero-order valence-electron chi connectivity index (χ0n) is 10.3. The fourth-order valence-corrected chi connectivity index (χ4v) is 5.60. The molecule has 12 heteroatoms. The molecule has 0 unspecified atom stereocenters. The summed E-state index contributed by atoms with van der Waals surface area (Å²) < 4.78 is 21.4. The molecule has 0 spiro atoms. The van der Waals surface area contributed by atoms with Gasteiger partial charge in [-0.1, -0.05) is 4.49 Å². The third-order valence-corrected chi connectivity index (χ3v) is 6.51. The van der Waals surface area contributed by atoms with E-state index in [0.29, 0.717) is 5.82 Å². The first kappa shape index (κ1) is 14.5. The van der Waals surface area contributed by atoms with Crippen molar-refractivity contribution in [2.45, 2.75) is 12.3 Å². The quantitative estimate of drug-likeness (QED) is 0.471. The van der Waals surface area contributed by atoms with Gasteiger partial charge in [0.2, 0.25) is 0 Å².